The molecule has 3 aromatic heterocycles. The lowest BCUT2D eigenvalue weighted by Gasteiger charge is -2.28. The zero-order valence-electron chi connectivity index (χ0n) is 30.3. The zero-order valence-corrected chi connectivity index (χ0v) is 31.1. The second-order valence-electron chi connectivity index (χ2n) is 15.2. The van der Waals surface area contributed by atoms with Crippen LogP contribution in [0.3, 0.4) is 0 Å². The van der Waals surface area contributed by atoms with Gasteiger partial charge in [-0.15, -0.1) is 11.3 Å². The van der Waals surface area contributed by atoms with Gasteiger partial charge in [-0.1, -0.05) is 123 Å². The topological polar surface area (TPSA) is 29.5 Å². The fraction of sp³-hybridized carbons (Fsp3) is 0.0588. The average Bonchev–Trinajstić information content (AvgIpc) is 3.97. The minimum absolute atomic E-state index is 0.139. The van der Waals surface area contributed by atoms with E-state index in [1.54, 1.807) is 0 Å². The van der Waals surface area contributed by atoms with E-state index in [-0.39, 0.29) is 5.41 Å². The van der Waals surface area contributed by atoms with Gasteiger partial charge < -0.3 is 13.7 Å². The van der Waals surface area contributed by atoms with Crippen LogP contribution in [0.2, 0.25) is 0 Å². The lowest BCUT2D eigenvalue weighted by molar-refractivity contribution is 0.660. The molecule has 0 saturated heterocycles. The Bertz CT molecular complexity index is 3360. The number of hydrogen-bond donors (Lipinski definition) is 0. The number of fused-ring (bicyclic) bond motifs is 13. The van der Waals surface area contributed by atoms with Gasteiger partial charge in [-0.25, -0.2) is 0 Å². The Morgan fingerprint density at radius 3 is 2.04 bits per heavy atom. The van der Waals surface area contributed by atoms with E-state index in [0.29, 0.717) is 0 Å². The summed E-state index contributed by atoms with van der Waals surface area (Å²) in [6.07, 6.45) is 0. The molecule has 0 unspecified atom stereocenters. The summed E-state index contributed by atoms with van der Waals surface area (Å²) in [6, 6.07) is 59.0. The third kappa shape index (κ3) is 4.26. The van der Waals surface area contributed by atoms with Crippen LogP contribution in [0.25, 0.3) is 86.3 Å². The largest absolute Gasteiger partial charge is 0.456 e. The van der Waals surface area contributed by atoms with Crippen molar-refractivity contribution in [3.63, 3.8) is 0 Å². The highest BCUT2D eigenvalue weighted by Gasteiger charge is 2.36. The molecule has 3 nitrogen and oxygen atoms in total. The molecule has 0 spiro atoms. The molecule has 260 valence electrons. The fourth-order valence-electron chi connectivity index (χ4n) is 9.36. The number of rotatable bonds is 4. The van der Waals surface area contributed by atoms with Gasteiger partial charge in [0.25, 0.3) is 0 Å². The van der Waals surface area contributed by atoms with Crippen molar-refractivity contribution in [3.8, 4) is 22.3 Å². The van der Waals surface area contributed by atoms with Crippen molar-refractivity contribution in [2.45, 2.75) is 19.3 Å². The molecule has 0 bridgehead atoms. The molecule has 1 aliphatic carbocycles. The van der Waals surface area contributed by atoms with Gasteiger partial charge in [0.2, 0.25) is 0 Å². The van der Waals surface area contributed by atoms with E-state index in [1.807, 2.05) is 17.4 Å². The number of para-hydroxylation sites is 2. The molecule has 3 heterocycles. The molecular formula is C51H33NO2S. The summed E-state index contributed by atoms with van der Waals surface area (Å²) in [5.41, 5.74) is 14.1. The van der Waals surface area contributed by atoms with Crippen molar-refractivity contribution in [1.82, 2.24) is 0 Å². The van der Waals surface area contributed by atoms with E-state index >= 15 is 0 Å². The van der Waals surface area contributed by atoms with E-state index in [1.165, 1.54) is 48.0 Å². The van der Waals surface area contributed by atoms with Crippen LogP contribution in [-0.4, -0.2) is 0 Å². The van der Waals surface area contributed by atoms with Crippen LogP contribution in [-0.2, 0) is 5.41 Å². The summed E-state index contributed by atoms with van der Waals surface area (Å²) in [6.45, 7) is 4.69. The Balaban J connectivity index is 1.20. The highest BCUT2D eigenvalue weighted by atomic mass is 32.1. The maximum atomic E-state index is 7.17. The Kier molecular flexibility index (Phi) is 6.27. The van der Waals surface area contributed by atoms with Crippen LogP contribution < -0.4 is 4.90 Å². The van der Waals surface area contributed by atoms with Crippen molar-refractivity contribution in [3.05, 3.63) is 175 Å². The first kappa shape index (κ1) is 30.8. The van der Waals surface area contributed by atoms with Gasteiger partial charge in [-0.2, -0.15) is 0 Å². The molecule has 55 heavy (non-hydrogen) atoms. The number of anilines is 3. The van der Waals surface area contributed by atoms with Crippen molar-refractivity contribution >= 4 is 92.4 Å². The third-order valence-corrected chi connectivity index (χ3v) is 13.1. The molecule has 0 amide bonds. The number of hydrogen-bond acceptors (Lipinski definition) is 4. The molecule has 12 rings (SSSR count). The maximum absolute atomic E-state index is 7.17. The first-order valence-corrected chi connectivity index (χ1v) is 19.7. The Labute approximate surface area is 321 Å². The second kappa shape index (κ2) is 11.2. The number of benzene rings is 8. The lowest BCUT2D eigenvalue weighted by atomic mass is 9.82. The summed E-state index contributed by atoms with van der Waals surface area (Å²) in [4.78, 5) is 2.37. The van der Waals surface area contributed by atoms with Gasteiger partial charge >= 0.3 is 0 Å². The zero-order chi connectivity index (χ0) is 36.4. The summed E-state index contributed by atoms with van der Waals surface area (Å²) >= 11 is 1.86. The molecule has 0 N–H and O–H groups in total. The lowest BCUT2D eigenvalue weighted by Crippen LogP contribution is -2.16. The molecule has 4 heteroatoms. The smallest absolute Gasteiger partial charge is 0.160 e. The summed E-state index contributed by atoms with van der Waals surface area (Å²) in [5.74, 6) is 0. The molecule has 11 aromatic rings. The van der Waals surface area contributed by atoms with Crippen LogP contribution in [0, 0.1) is 0 Å². The molecule has 8 aromatic carbocycles. The summed E-state index contributed by atoms with van der Waals surface area (Å²) < 4.78 is 16.2. The molecule has 0 atom stereocenters. The van der Waals surface area contributed by atoms with E-state index < -0.39 is 0 Å². The predicted octanol–water partition coefficient (Wildman–Crippen LogP) is 15.3. The first-order chi connectivity index (χ1) is 27.0. The van der Waals surface area contributed by atoms with Crippen molar-refractivity contribution in [2.75, 3.05) is 4.90 Å². The van der Waals surface area contributed by atoms with E-state index in [0.717, 1.165) is 66.5 Å². The minimum Gasteiger partial charge on any atom is -0.456 e. The van der Waals surface area contributed by atoms with E-state index in [2.05, 4.69) is 176 Å². The monoisotopic (exact) mass is 723 g/mol. The Hall–Kier alpha value is -6.62. The first-order valence-electron chi connectivity index (χ1n) is 18.8. The van der Waals surface area contributed by atoms with Gasteiger partial charge in [0.15, 0.2) is 5.58 Å². The molecule has 0 radical (unpaired) electrons. The average molecular weight is 724 g/mol. The van der Waals surface area contributed by atoms with Crippen molar-refractivity contribution in [1.29, 1.82) is 0 Å². The Morgan fingerprint density at radius 1 is 0.455 bits per heavy atom. The second-order valence-corrected chi connectivity index (χ2v) is 16.3. The van der Waals surface area contributed by atoms with Gasteiger partial charge in [0, 0.05) is 64.1 Å². The van der Waals surface area contributed by atoms with E-state index in [9.17, 15) is 0 Å². The molecule has 0 saturated carbocycles. The van der Waals surface area contributed by atoms with Crippen LogP contribution >= 0.6 is 11.3 Å². The number of nitrogens with zero attached hydrogens (tertiary/aromatic N) is 1. The minimum atomic E-state index is -0.139. The highest BCUT2D eigenvalue weighted by Crippen LogP contribution is 2.53. The van der Waals surface area contributed by atoms with Crippen LogP contribution in [0.5, 0.6) is 0 Å². The van der Waals surface area contributed by atoms with Crippen LogP contribution in [0.1, 0.15) is 25.0 Å². The van der Waals surface area contributed by atoms with Gasteiger partial charge in [-0.3, -0.25) is 0 Å². The SMILES string of the molecule is CC1(C)c2ccccc2-c2ccc(N(c3ccccc3)c3ccc(-c4cccc5c4sc4ccccc45)c4c3oc3ccc5oc6ccccc6c5c34)cc21. The van der Waals surface area contributed by atoms with Gasteiger partial charge in [-0.05, 0) is 82.4 Å². The predicted molar refractivity (Wildman–Crippen MR) is 232 cm³/mol. The van der Waals surface area contributed by atoms with Crippen molar-refractivity contribution < 1.29 is 8.83 Å². The standard InChI is InChI=1S/C51H33NO2S/c1-51(2)39-20-9-6-15-32(39)33-24-23-31(29-40(33)51)52(30-13-4-3-5-14-30)41-26-25-35(37-19-12-18-36-34-16-8-11-22-45(34)55-50(36)37)47-48-44(54-49(41)47)28-27-43-46(48)38-17-7-10-21-42(38)53-43/h3-29H,1-2H3. The molecular weight excluding hydrogens is 691 g/mol. The Morgan fingerprint density at radius 2 is 1.15 bits per heavy atom. The van der Waals surface area contributed by atoms with E-state index in [4.69, 9.17) is 8.83 Å². The fourth-order valence-corrected chi connectivity index (χ4v) is 10.6. The van der Waals surface area contributed by atoms with Gasteiger partial charge in [0.05, 0.1) is 5.69 Å². The van der Waals surface area contributed by atoms with Gasteiger partial charge in [0.1, 0.15) is 16.7 Å². The molecule has 0 aliphatic heterocycles. The number of thiophene rings is 1. The molecule has 1 aliphatic rings. The maximum Gasteiger partial charge on any atom is 0.160 e. The van der Waals surface area contributed by atoms with Crippen molar-refractivity contribution in [2.24, 2.45) is 0 Å². The van der Waals surface area contributed by atoms with Crippen LogP contribution in [0.15, 0.2) is 173 Å². The highest BCUT2D eigenvalue weighted by molar-refractivity contribution is 7.26. The third-order valence-electron chi connectivity index (χ3n) is 11.9. The van der Waals surface area contributed by atoms with Crippen LogP contribution in [0.4, 0.5) is 17.1 Å². The normalized spacial score (nSPS) is 13.4. The summed E-state index contributed by atoms with van der Waals surface area (Å²) in [7, 11) is 0. The quantitative estimate of drug-likeness (QED) is 0.181. The molecule has 0 fully saturated rings. The number of furan rings is 2. The summed E-state index contributed by atoms with van der Waals surface area (Å²) in [5, 5.41) is 6.89.